The molecule has 0 unspecified atom stereocenters. The Morgan fingerprint density at radius 1 is 0.850 bits per heavy atom. The summed E-state index contributed by atoms with van der Waals surface area (Å²) in [4.78, 5) is 29.4. The van der Waals surface area contributed by atoms with E-state index in [-0.39, 0.29) is 17.5 Å². The van der Waals surface area contributed by atoms with Gasteiger partial charge >= 0.3 is 5.97 Å². The molecule has 1 atom stereocenters. The molecule has 6 nitrogen and oxygen atoms in total. The highest BCUT2D eigenvalue weighted by Crippen LogP contribution is 2.30. The number of hydrogen-bond acceptors (Lipinski definition) is 3. The summed E-state index contributed by atoms with van der Waals surface area (Å²) >= 11 is 0. The number of carbonyl (C=O) groups is 2. The second kappa shape index (κ2) is 10.5. The predicted octanol–water partition coefficient (Wildman–Crippen LogP) is 7.09. The van der Waals surface area contributed by atoms with Crippen molar-refractivity contribution in [1.29, 1.82) is 0 Å². The Labute approximate surface area is 231 Å². The van der Waals surface area contributed by atoms with E-state index >= 15 is 0 Å². The lowest BCUT2D eigenvalue weighted by molar-refractivity contribution is 0.0696. The highest BCUT2D eigenvalue weighted by atomic mass is 16.4. The number of nitrogens with one attached hydrogen (secondary N) is 1. The molecular weight excluding hydrogens is 498 g/mol. The van der Waals surface area contributed by atoms with Gasteiger partial charge < -0.3 is 15.0 Å². The molecule has 0 fully saturated rings. The molecule has 2 heterocycles. The minimum absolute atomic E-state index is 0.194. The first-order valence-corrected chi connectivity index (χ1v) is 13.1. The summed E-state index contributed by atoms with van der Waals surface area (Å²) in [6.07, 6.45) is 5.68. The van der Waals surface area contributed by atoms with Gasteiger partial charge in [0.25, 0.3) is 5.91 Å². The van der Waals surface area contributed by atoms with Gasteiger partial charge in [-0.25, -0.2) is 4.79 Å². The fourth-order valence-electron chi connectivity index (χ4n) is 5.15. The molecule has 2 N–H and O–H groups in total. The maximum absolute atomic E-state index is 13.9. The van der Waals surface area contributed by atoms with E-state index in [2.05, 4.69) is 45.2 Å². The number of aromatic carboxylic acids is 1. The second-order valence-electron chi connectivity index (χ2n) is 9.95. The van der Waals surface area contributed by atoms with Gasteiger partial charge in [-0.3, -0.25) is 9.78 Å². The first kappa shape index (κ1) is 25.1. The minimum atomic E-state index is -0.980. The summed E-state index contributed by atoms with van der Waals surface area (Å²) in [5.74, 6) is -1.17. The van der Waals surface area contributed by atoms with Crippen molar-refractivity contribution < 1.29 is 14.7 Å². The molecule has 40 heavy (non-hydrogen) atoms. The zero-order valence-corrected chi connectivity index (χ0v) is 21.9. The zero-order chi connectivity index (χ0) is 27.6. The van der Waals surface area contributed by atoms with Gasteiger partial charge in [0.05, 0.1) is 22.7 Å². The monoisotopic (exact) mass is 525 g/mol. The molecule has 0 bridgehead atoms. The lowest BCUT2D eigenvalue weighted by Gasteiger charge is -2.17. The molecule has 0 spiro atoms. The van der Waals surface area contributed by atoms with Gasteiger partial charge in [0.15, 0.2) is 0 Å². The van der Waals surface area contributed by atoms with Crippen LogP contribution in [0.25, 0.3) is 32.8 Å². The molecule has 6 heteroatoms. The largest absolute Gasteiger partial charge is 0.478 e. The standard InChI is InChI=1S/C34H27N3O3/c1-22(24-9-11-27(12-10-24)34(39)40)36-33(38)31-19-29(25-5-3-2-4-6-25)18-28-14-16-37(32(28)31)21-23-7-8-26-13-15-35-20-30(26)17-23/h2-20,22H,21H2,1H3,(H,36,38)(H,39,40)/t22-/m0/s1. The molecule has 0 radical (unpaired) electrons. The van der Waals surface area contributed by atoms with Crippen LogP contribution in [0.15, 0.2) is 116 Å². The van der Waals surface area contributed by atoms with Crippen LogP contribution in [0.2, 0.25) is 0 Å². The second-order valence-corrected chi connectivity index (χ2v) is 9.95. The summed E-state index contributed by atoms with van der Waals surface area (Å²) in [7, 11) is 0. The number of carbonyl (C=O) groups excluding carboxylic acids is 1. The molecule has 4 aromatic carbocycles. The molecule has 2 aromatic heterocycles. The van der Waals surface area contributed by atoms with Gasteiger partial charge in [0.1, 0.15) is 0 Å². The van der Waals surface area contributed by atoms with Crippen LogP contribution < -0.4 is 5.32 Å². The van der Waals surface area contributed by atoms with E-state index in [9.17, 15) is 14.7 Å². The molecule has 0 aliphatic heterocycles. The highest BCUT2D eigenvalue weighted by Gasteiger charge is 2.19. The lowest BCUT2D eigenvalue weighted by atomic mass is 9.99. The van der Waals surface area contributed by atoms with Crippen molar-refractivity contribution in [2.24, 2.45) is 0 Å². The van der Waals surface area contributed by atoms with Crippen LogP contribution in [-0.4, -0.2) is 26.5 Å². The first-order valence-electron chi connectivity index (χ1n) is 13.1. The van der Waals surface area contributed by atoms with E-state index in [0.717, 1.165) is 43.9 Å². The van der Waals surface area contributed by atoms with Crippen molar-refractivity contribution in [3.63, 3.8) is 0 Å². The van der Waals surface area contributed by atoms with Crippen molar-refractivity contribution in [3.8, 4) is 11.1 Å². The van der Waals surface area contributed by atoms with Gasteiger partial charge in [-0.1, -0.05) is 54.6 Å². The maximum Gasteiger partial charge on any atom is 0.335 e. The number of hydrogen-bond donors (Lipinski definition) is 2. The number of amides is 1. The molecule has 196 valence electrons. The molecule has 0 saturated carbocycles. The molecule has 6 aromatic rings. The van der Waals surface area contributed by atoms with E-state index in [0.29, 0.717) is 12.1 Å². The minimum Gasteiger partial charge on any atom is -0.478 e. The number of fused-ring (bicyclic) bond motifs is 2. The van der Waals surface area contributed by atoms with E-state index in [1.807, 2.05) is 61.8 Å². The van der Waals surface area contributed by atoms with Crippen LogP contribution >= 0.6 is 0 Å². The van der Waals surface area contributed by atoms with Crippen molar-refractivity contribution in [2.45, 2.75) is 19.5 Å². The Hall–Kier alpha value is -5.23. The van der Waals surface area contributed by atoms with Crippen LogP contribution in [0.3, 0.4) is 0 Å². The number of pyridine rings is 1. The third kappa shape index (κ3) is 4.95. The van der Waals surface area contributed by atoms with Crippen LogP contribution in [0.4, 0.5) is 0 Å². The van der Waals surface area contributed by atoms with Gasteiger partial charge in [-0.05, 0) is 77.0 Å². The van der Waals surface area contributed by atoms with E-state index in [1.54, 1.807) is 30.5 Å². The average molecular weight is 526 g/mol. The fraction of sp³-hybridized carbons (Fsp3) is 0.0882. The smallest absolute Gasteiger partial charge is 0.335 e. The SMILES string of the molecule is C[C@H](NC(=O)c1cc(-c2ccccc2)cc2ccn(Cc3ccc4ccncc4c3)c12)c1ccc(C(=O)O)cc1. The molecular formula is C34H27N3O3. The third-order valence-corrected chi connectivity index (χ3v) is 7.28. The van der Waals surface area contributed by atoms with Crippen molar-refractivity contribution in [1.82, 2.24) is 14.9 Å². The predicted molar refractivity (Wildman–Crippen MR) is 158 cm³/mol. The normalized spacial score (nSPS) is 11.9. The van der Waals surface area contributed by atoms with E-state index < -0.39 is 5.97 Å². The molecule has 0 aliphatic carbocycles. The summed E-state index contributed by atoms with van der Waals surface area (Å²) in [6.45, 7) is 2.50. The van der Waals surface area contributed by atoms with Crippen LogP contribution in [-0.2, 0) is 6.54 Å². The Bertz CT molecular complexity index is 1860. The summed E-state index contributed by atoms with van der Waals surface area (Å²) in [6, 6.07) is 30.7. The van der Waals surface area contributed by atoms with Crippen LogP contribution in [0.1, 0.15) is 44.8 Å². The fourth-order valence-corrected chi connectivity index (χ4v) is 5.15. The Kier molecular flexibility index (Phi) is 6.58. The lowest BCUT2D eigenvalue weighted by Crippen LogP contribution is -2.27. The number of carboxylic acids is 1. The maximum atomic E-state index is 13.9. The number of benzene rings is 4. The number of rotatable bonds is 7. The van der Waals surface area contributed by atoms with Crippen molar-refractivity contribution in [3.05, 3.63) is 138 Å². The van der Waals surface area contributed by atoms with Crippen molar-refractivity contribution in [2.75, 3.05) is 0 Å². The van der Waals surface area contributed by atoms with E-state index in [4.69, 9.17) is 0 Å². The molecule has 0 aliphatic rings. The van der Waals surface area contributed by atoms with Crippen LogP contribution in [0.5, 0.6) is 0 Å². The van der Waals surface area contributed by atoms with Gasteiger partial charge in [-0.2, -0.15) is 0 Å². The van der Waals surface area contributed by atoms with Gasteiger partial charge in [0.2, 0.25) is 0 Å². The Balaban J connectivity index is 1.39. The highest BCUT2D eigenvalue weighted by molar-refractivity contribution is 6.08. The Morgan fingerprint density at radius 3 is 2.42 bits per heavy atom. The third-order valence-electron chi connectivity index (χ3n) is 7.28. The molecule has 0 saturated heterocycles. The quantitative estimate of drug-likeness (QED) is 0.233. The topological polar surface area (TPSA) is 84.2 Å². The van der Waals surface area contributed by atoms with Gasteiger partial charge in [0, 0.05) is 35.9 Å². The number of carboxylic acid groups (broad SMARTS) is 1. The summed E-state index contributed by atoms with van der Waals surface area (Å²) in [5, 5.41) is 15.5. The zero-order valence-electron chi connectivity index (χ0n) is 21.9. The number of nitrogens with zero attached hydrogens (tertiary/aromatic N) is 2. The van der Waals surface area contributed by atoms with Gasteiger partial charge in [-0.15, -0.1) is 0 Å². The molecule has 1 amide bonds. The van der Waals surface area contributed by atoms with E-state index in [1.165, 1.54) is 0 Å². The van der Waals surface area contributed by atoms with Crippen LogP contribution in [0, 0.1) is 0 Å². The summed E-state index contributed by atoms with van der Waals surface area (Å²) < 4.78 is 2.11. The molecule has 6 rings (SSSR count). The number of aromatic nitrogens is 2. The first-order chi connectivity index (χ1) is 19.5. The van der Waals surface area contributed by atoms with Crippen molar-refractivity contribution >= 4 is 33.6 Å². The summed E-state index contributed by atoms with van der Waals surface area (Å²) in [5.41, 5.74) is 5.59. The average Bonchev–Trinajstić information content (AvgIpc) is 3.39. The Morgan fingerprint density at radius 2 is 1.65 bits per heavy atom.